The second-order valence-electron chi connectivity index (χ2n) is 8.20. The fraction of sp³-hybridized carbons (Fsp3) is 0.346. The minimum Gasteiger partial charge on any atom is -0.352 e. The Labute approximate surface area is 184 Å². The van der Waals surface area contributed by atoms with Gasteiger partial charge in [-0.15, -0.1) is 0 Å². The molecule has 0 unspecified atom stereocenters. The highest BCUT2D eigenvalue weighted by atomic mass is 16.1. The van der Waals surface area contributed by atoms with Crippen LogP contribution in [0, 0.1) is 0 Å². The number of rotatable bonds is 8. The molecule has 0 bridgehead atoms. The second-order valence-corrected chi connectivity index (χ2v) is 8.20. The molecule has 1 aliphatic rings. The van der Waals surface area contributed by atoms with Gasteiger partial charge in [0.1, 0.15) is 0 Å². The molecule has 0 radical (unpaired) electrons. The summed E-state index contributed by atoms with van der Waals surface area (Å²) in [5.41, 5.74) is 3.91. The standard InChI is InChI=1S/C26H30N4O/c31-25(27-17-7-10-20-8-3-1-4-9-20)22-15-13-21(14-16-22)23-18-28-26(29-19-23)30-24-11-5-2-6-12-24/h1,3-4,8-9,13-16,18-19,24H,2,5-7,10-12,17H2,(H,27,31)(H,28,29,30). The van der Waals surface area contributed by atoms with Crippen LogP contribution >= 0.6 is 0 Å². The zero-order valence-electron chi connectivity index (χ0n) is 17.9. The van der Waals surface area contributed by atoms with Crippen molar-refractivity contribution < 1.29 is 4.79 Å². The molecule has 31 heavy (non-hydrogen) atoms. The van der Waals surface area contributed by atoms with E-state index in [0.717, 1.165) is 24.0 Å². The maximum absolute atomic E-state index is 12.4. The van der Waals surface area contributed by atoms with Crippen molar-refractivity contribution in [2.75, 3.05) is 11.9 Å². The molecule has 0 atom stereocenters. The van der Waals surface area contributed by atoms with Crippen LogP contribution in [0.15, 0.2) is 67.0 Å². The number of carbonyl (C=O) groups is 1. The summed E-state index contributed by atoms with van der Waals surface area (Å²) in [5, 5.41) is 6.45. The highest BCUT2D eigenvalue weighted by molar-refractivity contribution is 5.94. The average Bonchev–Trinajstić information content (AvgIpc) is 2.84. The molecule has 1 amide bonds. The minimum absolute atomic E-state index is 0.0390. The van der Waals surface area contributed by atoms with E-state index < -0.39 is 0 Å². The van der Waals surface area contributed by atoms with E-state index in [0.29, 0.717) is 24.1 Å². The zero-order valence-corrected chi connectivity index (χ0v) is 17.9. The van der Waals surface area contributed by atoms with Crippen LogP contribution in [0.1, 0.15) is 54.4 Å². The Morgan fingerprint density at radius 3 is 2.29 bits per heavy atom. The fourth-order valence-corrected chi connectivity index (χ4v) is 4.04. The molecule has 1 aliphatic carbocycles. The molecule has 0 saturated heterocycles. The Morgan fingerprint density at radius 1 is 0.871 bits per heavy atom. The molecule has 0 aliphatic heterocycles. The number of benzene rings is 2. The first-order chi connectivity index (χ1) is 15.3. The summed E-state index contributed by atoms with van der Waals surface area (Å²) in [4.78, 5) is 21.4. The van der Waals surface area contributed by atoms with E-state index in [1.807, 2.05) is 54.9 Å². The largest absolute Gasteiger partial charge is 0.352 e. The van der Waals surface area contributed by atoms with Crippen LogP contribution in [-0.4, -0.2) is 28.5 Å². The second kappa shape index (κ2) is 10.7. The molecular weight excluding hydrogens is 384 g/mol. The summed E-state index contributed by atoms with van der Waals surface area (Å²) in [6.07, 6.45) is 11.9. The molecule has 160 valence electrons. The van der Waals surface area contributed by atoms with Gasteiger partial charge in [0.25, 0.3) is 5.91 Å². The average molecular weight is 415 g/mol. The van der Waals surface area contributed by atoms with Gasteiger partial charge in [-0.1, -0.05) is 61.7 Å². The van der Waals surface area contributed by atoms with Gasteiger partial charge in [0.15, 0.2) is 0 Å². The lowest BCUT2D eigenvalue weighted by atomic mass is 9.96. The Morgan fingerprint density at radius 2 is 1.58 bits per heavy atom. The van der Waals surface area contributed by atoms with Crippen molar-refractivity contribution in [3.05, 3.63) is 78.1 Å². The number of nitrogens with zero attached hydrogens (tertiary/aromatic N) is 2. The van der Waals surface area contributed by atoms with Gasteiger partial charge < -0.3 is 10.6 Å². The summed E-state index contributed by atoms with van der Waals surface area (Å²) in [5.74, 6) is 0.657. The summed E-state index contributed by atoms with van der Waals surface area (Å²) in [6.45, 7) is 0.665. The molecule has 3 aromatic rings. The van der Waals surface area contributed by atoms with Crippen molar-refractivity contribution in [1.29, 1.82) is 0 Å². The first-order valence-corrected chi connectivity index (χ1v) is 11.3. The quantitative estimate of drug-likeness (QED) is 0.494. The number of hydrogen-bond donors (Lipinski definition) is 2. The van der Waals surface area contributed by atoms with Gasteiger partial charge in [0.2, 0.25) is 5.95 Å². The Hall–Kier alpha value is -3.21. The van der Waals surface area contributed by atoms with Crippen LogP contribution in [0.4, 0.5) is 5.95 Å². The third-order valence-electron chi connectivity index (χ3n) is 5.84. The van der Waals surface area contributed by atoms with Gasteiger partial charge in [0.05, 0.1) is 0 Å². The van der Waals surface area contributed by atoms with Crippen molar-refractivity contribution in [3.63, 3.8) is 0 Å². The van der Waals surface area contributed by atoms with Crippen LogP contribution in [0.5, 0.6) is 0 Å². The maximum atomic E-state index is 12.4. The molecule has 5 nitrogen and oxygen atoms in total. The van der Waals surface area contributed by atoms with Crippen LogP contribution in [0.25, 0.3) is 11.1 Å². The van der Waals surface area contributed by atoms with E-state index >= 15 is 0 Å². The summed E-state index contributed by atoms with van der Waals surface area (Å²) in [6, 6.07) is 18.4. The van der Waals surface area contributed by atoms with Crippen LogP contribution in [0.3, 0.4) is 0 Å². The topological polar surface area (TPSA) is 66.9 Å². The van der Waals surface area contributed by atoms with Gasteiger partial charge in [-0.2, -0.15) is 0 Å². The summed E-state index contributed by atoms with van der Waals surface area (Å²) >= 11 is 0. The van der Waals surface area contributed by atoms with Crippen molar-refractivity contribution in [3.8, 4) is 11.1 Å². The first kappa shape index (κ1) is 21.0. The Kier molecular flexibility index (Phi) is 7.27. The monoisotopic (exact) mass is 414 g/mol. The SMILES string of the molecule is O=C(NCCCc1ccccc1)c1ccc(-c2cnc(NC3CCCCC3)nc2)cc1. The number of carbonyl (C=O) groups excluding carboxylic acids is 1. The highest BCUT2D eigenvalue weighted by Crippen LogP contribution is 2.22. The highest BCUT2D eigenvalue weighted by Gasteiger charge is 2.14. The molecule has 5 heteroatoms. The van der Waals surface area contributed by atoms with Crippen molar-refractivity contribution in [2.24, 2.45) is 0 Å². The third kappa shape index (κ3) is 6.14. The molecule has 2 aromatic carbocycles. The van der Waals surface area contributed by atoms with Crippen LogP contribution in [-0.2, 0) is 6.42 Å². The summed E-state index contributed by atoms with van der Waals surface area (Å²) < 4.78 is 0. The van der Waals surface area contributed by atoms with E-state index in [-0.39, 0.29) is 5.91 Å². The molecule has 1 saturated carbocycles. The minimum atomic E-state index is -0.0390. The fourth-order valence-electron chi connectivity index (χ4n) is 4.04. The molecule has 0 spiro atoms. The van der Waals surface area contributed by atoms with Crippen LogP contribution < -0.4 is 10.6 Å². The van der Waals surface area contributed by atoms with E-state index in [1.54, 1.807) is 0 Å². The lowest BCUT2D eigenvalue weighted by Gasteiger charge is -2.22. The van der Waals surface area contributed by atoms with Gasteiger partial charge in [-0.05, 0) is 48.9 Å². The van der Waals surface area contributed by atoms with Crippen molar-refractivity contribution in [1.82, 2.24) is 15.3 Å². The molecule has 2 N–H and O–H groups in total. The molecular formula is C26H30N4O. The molecule has 1 heterocycles. The van der Waals surface area contributed by atoms with E-state index in [9.17, 15) is 4.79 Å². The molecule has 1 fully saturated rings. The Balaban J connectivity index is 1.26. The van der Waals surface area contributed by atoms with Gasteiger partial charge >= 0.3 is 0 Å². The van der Waals surface area contributed by atoms with Gasteiger partial charge in [0, 0.05) is 36.1 Å². The van der Waals surface area contributed by atoms with E-state index in [4.69, 9.17) is 0 Å². The van der Waals surface area contributed by atoms with Crippen molar-refractivity contribution >= 4 is 11.9 Å². The third-order valence-corrected chi connectivity index (χ3v) is 5.84. The predicted octanol–water partition coefficient (Wildman–Crippen LogP) is 5.25. The lowest BCUT2D eigenvalue weighted by molar-refractivity contribution is 0.0953. The zero-order chi connectivity index (χ0) is 21.3. The van der Waals surface area contributed by atoms with Crippen molar-refractivity contribution in [2.45, 2.75) is 51.0 Å². The normalized spacial score (nSPS) is 14.2. The number of nitrogens with one attached hydrogen (secondary N) is 2. The number of anilines is 1. The smallest absolute Gasteiger partial charge is 0.251 e. The molecule has 1 aromatic heterocycles. The summed E-state index contributed by atoms with van der Waals surface area (Å²) in [7, 11) is 0. The Bertz CT molecular complexity index is 949. The van der Waals surface area contributed by atoms with E-state index in [1.165, 1.54) is 37.7 Å². The number of aryl methyl sites for hydroxylation is 1. The number of aromatic nitrogens is 2. The number of amides is 1. The lowest BCUT2D eigenvalue weighted by Crippen LogP contribution is -2.24. The van der Waals surface area contributed by atoms with Crippen LogP contribution in [0.2, 0.25) is 0 Å². The number of hydrogen-bond acceptors (Lipinski definition) is 4. The van der Waals surface area contributed by atoms with Gasteiger partial charge in [-0.25, -0.2) is 9.97 Å². The molecule has 4 rings (SSSR count). The van der Waals surface area contributed by atoms with E-state index in [2.05, 4.69) is 32.7 Å². The first-order valence-electron chi connectivity index (χ1n) is 11.3. The predicted molar refractivity (Wildman–Crippen MR) is 125 cm³/mol. The van der Waals surface area contributed by atoms with Gasteiger partial charge in [-0.3, -0.25) is 4.79 Å². The maximum Gasteiger partial charge on any atom is 0.251 e.